The number of allylic oxidation sites excluding steroid dienone is 2. The maximum Gasteiger partial charge on any atom is 0.359 e. The third-order valence-electron chi connectivity index (χ3n) is 4.79. The van der Waals surface area contributed by atoms with Gasteiger partial charge in [-0.25, -0.2) is 14.2 Å². The van der Waals surface area contributed by atoms with Gasteiger partial charge in [0, 0.05) is 0 Å². The Hall–Kier alpha value is -2.52. The zero-order chi connectivity index (χ0) is 17.7. The van der Waals surface area contributed by atoms with Gasteiger partial charge in [-0.1, -0.05) is 0 Å². The van der Waals surface area contributed by atoms with Crippen molar-refractivity contribution in [3.63, 3.8) is 0 Å². The van der Waals surface area contributed by atoms with E-state index in [-0.39, 0.29) is 17.4 Å². The van der Waals surface area contributed by atoms with E-state index in [1.807, 2.05) is 0 Å². The maximum atomic E-state index is 14.9. The number of carbonyl (C=O) groups excluding carboxylic acids is 1. The molecule has 9 heteroatoms. The summed E-state index contributed by atoms with van der Waals surface area (Å²) in [6, 6.07) is -0.242. The largest absolute Gasteiger partial charge is 0.488 e. The van der Waals surface area contributed by atoms with Crippen molar-refractivity contribution in [2.24, 2.45) is 4.99 Å². The lowest BCUT2D eigenvalue weighted by molar-refractivity contribution is -0.132. The van der Waals surface area contributed by atoms with Crippen LogP contribution < -0.4 is 10.6 Å². The summed E-state index contributed by atoms with van der Waals surface area (Å²) >= 11 is 0. The average molecular weight is 348 g/mol. The van der Waals surface area contributed by atoms with Gasteiger partial charge in [0.2, 0.25) is 5.71 Å². The number of halogens is 1. The zero-order valence-electron chi connectivity index (χ0n) is 13.5. The van der Waals surface area contributed by atoms with Crippen LogP contribution in [0.3, 0.4) is 0 Å². The smallest absolute Gasteiger partial charge is 0.359 e. The minimum atomic E-state index is -1.45. The Bertz CT molecular complexity index is 785. The van der Waals surface area contributed by atoms with Crippen molar-refractivity contribution in [1.82, 2.24) is 15.5 Å². The molecule has 132 valence electrons. The van der Waals surface area contributed by atoms with Gasteiger partial charge in [-0.3, -0.25) is 15.0 Å². The molecule has 1 saturated heterocycles. The topological polar surface area (TPSA) is 103 Å². The summed E-state index contributed by atoms with van der Waals surface area (Å²) in [4.78, 5) is 29.0. The van der Waals surface area contributed by atoms with E-state index in [9.17, 15) is 19.1 Å². The van der Waals surface area contributed by atoms with Crippen LogP contribution in [-0.2, 0) is 14.3 Å². The van der Waals surface area contributed by atoms with E-state index >= 15 is 0 Å². The number of fused-ring (bicyclic) bond motifs is 5. The van der Waals surface area contributed by atoms with Gasteiger partial charge in [-0.15, -0.1) is 0 Å². The summed E-state index contributed by atoms with van der Waals surface area (Å²) in [6.07, 6.45) is 2.90. The van der Waals surface area contributed by atoms with E-state index in [0.29, 0.717) is 0 Å². The molecule has 4 aliphatic rings. The monoisotopic (exact) mass is 348 g/mol. The van der Waals surface area contributed by atoms with Crippen LogP contribution in [0, 0.1) is 0 Å². The molecule has 1 fully saturated rings. The first-order valence-electron chi connectivity index (χ1n) is 8.04. The van der Waals surface area contributed by atoms with Crippen LogP contribution in [0.25, 0.3) is 0 Å². The van der Waals surface area contributed by atoms with Gasteiger partial charge in [0.05, 0.1) is 11.7 Å². The first-order chi connectivity index (χ1) is 12.0. The van der Waals surface area contributed by atoms with Crippen molar-refractivity contribution in [2.75, 3.05) is 13.6 Å². The van der Waals surface area contributed by atoms with Crippen molar-refractivity contribution in [1.29, 1.82) is 0 Å². The standard InChI is InChI=1S/C16H17FN4O4/c1-18-14-9-6-25-13-10-7(3-2-4-19-10)5-8(17)12(13)21(9)15(22)11(20-14)16(23)24/h5-6,10,13-14,18-19H,2-4H2,1H3,(H,23,24). The van der Waals surface area contributed by atoms with Crippen LogP contribution in [0.1, 0.15) is 12.8 Å². The second-order valence-corrected chi connectivity index (χ2v) is 6.20. The number of aliphatic carboxylic acids is 1. The Kier molecular flexibility index (Phi) is 3.69. The van der Waals surface area contributed by atoms with Crippen molar-refractivity contribution in [2.45, 2.75) is 31.2 Å². The third kappa shape index (κ3) is 2.30. The summed E-state index contributed by atoms with van der Waals surface area (Å²) in [6.45, 7) is 0.766. The number of aliphatic imine (C=N–C) groups is 1. The number of ether oxygens (including phenoxy) is 1. The van der Waals surface area contributed by atoms with Crippen molar-refractivity contribution < 1.29 is 23.8 Å². The lowest BCUT2D eigenvalue weighted by Gasteiger charge is -2.45. The zero-order valence-corrected chi connectivity index (χ0v) is 13.5. The number of likely N-dealkylation sites (N-methyl/N-ethyl adjacent to an activating group) is 1. The molecule has 3 unspecified atom stereocenters. The minimum absolute atomic E-state index is 0.0274. The number of carbonyl (C=O) groups is 2. The Balaban J connectivity index is 1.84. The molecule has 3 N–H and O–H groups in total. The van der Waals surface area contributed by atoms with E-state index in [4.69, 9.17) is 4.74 Å². The summed E-state index contributed by atoms with van der Waals surface area (Å²) in [7, 11) is 1.57. The molecule has 0 saturated carbocycles. The highest BCUT2D eigenvalue weighted by molar-refractivity contribution is 6.64. The van der Waals surface area contributed by atoms with Gasteiger partial charge in [-0.2, -0.15) is 0 Å². The summed E-state index contributed by atoms with van der Waals surface area (Å²) in [5, 5.41) is 15.4. The first-order valence-corrected chi connectivity index (χ1v) is 8.04. The lowest BCUT2D eigenvalue weighted by atomic mass is 9.86. The molecule has 0 spiro atoms. The Labute approximate surface area is 142 Å². The summed E-state index contributed by atoms with van der Waals surface area (Å²) in [5.74, 6) is -2.90. The molecule has 0 radical (unpaired) electrons. The van der Waals surface area contributed by atoms with E-state index in [2.05, 4.69) is 15.6 Å². The van der Waals surface area contributed by atoms with Crippen molar-refractivity contribution in [3.05, 3.63) is 35.1 Å². The Morgan fingerprint density at radius 1 is 1.56 bits per heavy atom. The molecule has 4 rings (SSSR count). The number of nitrogens with zero attached hydrogens (tertiary/aromatic N) is 2. The molecule has 0 aromatic rings. The molecule has 3 heterocycles. The number of amides is 1. The van der Waals surface area contributed by atoms with Gasteiger partial charge in [0.15, 0.2) is 6.10 Å². The predicted molar refractivity (Wildman–Crippen MR) is 85.0 cm³/mol. The van der Waals surface area contributed by atoms with E-state index in [1.54, 1.807) is 7.05 Å². The second-order valence-electron chi connectivity index (χ2n) is 6.20. The Morgan fingerprint density at radius 3 is 3.08 bits per heavy atom. The average Bonchev–Trinajstić information content (AvgIpc) is 2.61. The molecular weight excluding hydrogens is 331 g/mol. The molecule has 0 bridgehead atoms. The molecule has 3 atom stereocenters. The fraction of sp³-hybridized carbons (Fsp3) is 0.438. The van der Waals surface area contributed by atoms with Gasteiger partial charge >= 0.3 is 5.97 Å². The van der Waals surface area contributed by atoms with Crippen LogP contribution in [0.4, 0.5) is 4.39 Å². The fourth-order valence-corrected chi connectivity index (χ4v) is 3.67. The molecule has 1 aliphatic carbocycles. The maximum absolute atomic E-state index is 14.9. The molecule has 0 aromatic carbocycles. The van der Waals surface area contributed by atoms with Crippen molar-refractivity contribution >= 4 is 17.6 Å². The number of carboxylic acid groups (broad SMARTS) is 1. The Morgan fingerprint density at radius 2 is 2.36 bits per heavy atom. The van der Waals surface area contributed by atoms with Gasteiger partial charge in [0.1, 0.15) is 24.0 Å². The van der Waals surface area contributed by atoms with Crippen LogP contribution >= 0.6 is 0 Å². The second kappa shape index (κ2) is 5.78. The van der Waals surface area contributed by atoms with Crippen LogP contribution in [0.2, 0.25) is 0 Å². The number of piperidine rings is 1. The summed E-state index contributed by atoms with van der Waals surface area (Å²) < 4.78 is 20.6. The number of hydrogen-bond donors (Lipinski definition) is 3. The highest BCUT2D eigenvalue weighted by Gasteiger charge is 2.48. The highest BCUT2D eigenvalue weighted by Crippen LogP contribution is 2.40. The van der Waals surface area contributed by atoms with E-state index in [1.165, 1.54) is 12.3 Å². The SMILES string of the molecule is CNC1N=C(C(=O)O)C(=O)N2C1=COC1C2=C(F)C=C2CCCNC21. The summed E-state index contributed by atoms with van der Waals surface area (Å²) in [5.41, 5.74) is 0.547. The lowest BCUT2D eigenvalue weighted by Crippen LogP contribution is -2.58. The molecule has 1 amide bonds. The fourth-order valence-electron chi connectivity index (χ4n) is 3.67. The number of rotatable bonds is 2. The molecular formula is C16H17FN4O4. The van der Waals surface area contributed by atoms with Gasteiger partial charge < -0.3 is 15.2 Å². The number of hydrogen-bond acceptors (Lipinski definition) is 6. The van der Waals surface area contributed by atoms with E-state index in [0.717, 1.165) is 29.9 Å². The third-order valence-corrected chi connectivity index (χ3v) is 4.79. The molecule has 3 aliphatic heterocycles. The first kappa shape index (κ1) is 16.0. The van der Waals surface area contributed by atoms with Crippen LogP contribution in [0.5, 0.6) is 0 Å². The normalized spacial score (nSPS) is 31.1. The molecule has 25 heavy (non-hydrogen) atoms. The predicted octanol–water partition coefficient (Wildman–Crippen LogP) is 0.0130. The minimum Gasteiger partial charge on any atom is -0.488 e. The number of nitrogens with one attached hydrogen (secondary N) is 2. The van der Waals surface area contributed by atoms with Crippen molar-refractivity contribution in [3.8, 4) is 0 Å². The number of carboxylic acids is 1. The highest BCUT2D eigenvalue weighted by atomic mass is 19.1. The quantitative estimate of drug-likeness (QED) is 0.650. The molecule has 8 nitrogen and oxygen atoms in total. The molecule has 0 aromatic heterocycles. The van der Waals surface area contributed by atoms with Crippen LogP contribution in [0.15, 0.2) is 40.1 Å². The van der Waals surface area contributed by atoms with Gasteiger partial charge in [0.25, 0.3) is 5.91 Å². The van der Waals surface area contributed by atoms with E-state index < -0.39 is 35.7 Å². The van der Waals surface area contributed by atoms with Crippen LogP contribution in [-0.4, -0.2) is 59.5 Å². The van der Waals surface area contributed by atoms with Gasteiger partial charge in [-0.05, 0) is 38.1 Å².